The zero-order valence-corrected chi connectivity index (χ0v) is 21.8. The minimum Gasteiger partial charge on any atom is -0.482 e. The number of amides is 1. The van der Waals surface area contributed by atoms with E-state index in [4.69, 9.17) is 32.7 Å². The molecule has 0 unspecified atom stereocenters. The maximum absolute atomic E-state index is 12.6. The van der Waals surface area contributed by atoms with Gasteiger partial charge in [0.15, 0.2) is 12.4 Å². The van der Waals surface area contributed by atoms with Gasteiger partial charge < -0.3 is 9.47 Å². The van der Waals surface area contributed by atoms with E-state index in [-0.39, 0.29) is 17.4 Å². The average Bonchev–Trinajstić information content (AvgIpc) is 2.75. The van der Waals surface area contributed by atoms with Crippen LogP contribution in [0.2, 0.25) is 10.0 Å². The van der Waals surface area contributed by atoms with Crippen LogP contribution in [0.25, 0.3) is 0 Å². The van der Waals surface area contributed by atoms with Gasteiger partial charge in [0.05, 0.1) is 21.3 Å². The molecule has 0 aliphatic heterocycles. The number of halogens is 4. The van der Waals surface area contributed by atoms with E-state index in [1.54, 1.807) is 42.5 Å². The van der Waals surface area contributed by atoms with Gasteiger partial charge in [-0.1, -0.05) is 56.8 Å². The Hall–Kier alpha value is -2.39. The third kappa shape index (κ3) is 7.30. The number of hydrogen-bond donors (Lipinski definition) is 1. The van der Waals surface area contributed by atoms with Crippen LogP contribution in [0.1, 0.15) is 21.5 Å². The van der Waals surface area contributed by atoms with Gasteiger partial charge in [0.1, 0.15) is 5.75 Å². The van der Waals surface area contributed by atoms with Crippen LogP contribution in [-0.2, 0) is 4.79 Å². The summed E-state index contributed by atoms with van der Waals surface area (Å²) in [5, 5.41) is 4.68. The van der Waals surface area contributed by atoms with Crippen molar-refractivity contribution in [3.8, 4) is 11.5 Å². The minimum atomic E-state index is -0.520. The Bertz CT molecular complexity index is 1240. The van der Waals surface area contributed by atoms with Crippen LogP contribution in [0.5, 0.6) is 11.5 Å². The second-order valence-electron chi connectivity index (χ2n) is 6.72. The first-order chi connectivity index (χ1) is 15.7. The van der Waals surface area contributed by atoms with Gasteiger partial charge in [0.2, 0.25) is 0 Å². The van der Waals surface area contributed by atoms with E-state index in [1.165, 1.54) is 12.3 Å². The highest BCUT2D eigenvalue weighted by molar-refractivity contribution is 9.11. The molecule has 0 atom stereocenters. The Kier molecular flexibility index (Phi) is 8.91. The molecule has 0 radical (unpaired) electrons. The zero-order valence-electron chi connectivity index (χ0n) is 17.1. The van der Waals surface area contributed by atoms with Crippen LogP contribution >= 0.6 is 55.1 Å². The van der Waals surface area contributed by atoms with E-state index >= 15 is 0 Å². The summed E-state index contributed by atoms with van der Waals surface area (Å²) in [5.41, 5.74) is 4.17. The lowest BCUT2D eigenvalue weighted by Gasteiger charge is -2.11. The van der Waals surface area contributed by atoms with Crippen molar-refractivity contribution in [3.63, 3.8) is 0 Å². The molecule has 0 aromatic heterocycles. The number of aryl methyl sites for hydroxylation is 1. The molecule has 0 saturated heterocycles. The van der Waals surface area contributed by atoms with Crippen LogP contribution in [-0.4, -0.2) is 24.7 Å². The predicted molar refractivity (Wildman–Crippen MR) is 136 cm³/mol. The molecule has 0 heterocycles. The van der Waals surface area contributed by atoms with Crippen LogP contribution in [0, 0.1) is 6.92 Å². The lowest BCUT2D eigenvalue weighted by molar-refractivity contribution is -0.123. The Morgan fingerprint density at radius 3 is 2.61 bits per heavy atom. The van der Waals surface area contributed by atoms with Crippen LogP contribution in [0.3, 0.4) is 0 Å². The Morgan fingerprint density at radius 1 is 1.09 bits per heavy atom. The lowest BCUT2D eigenvalue weighted by atomic mass is 10.1. The van der Waals surface area contributed by atoms with Crippen LogP contribution in [0.4, 0.5) is 0 Å². The number of carbonyl (C=O) groups excluding carboxylic acids is 2. The van der Waals surface area contributed by atoms with E-state index in [2.05, 4.69) is 42.4 Å². The summed E-state index contributed by atoms with van der Waals surface area (Å²) in [5.74, 6) is -0.452. The molecule has 0 saturated carbocycles. The Labute approximate surface area is 217 Å². The predicted octanol–water partition coefficient (Wildman–Crippen LogP) is 6.58. The summed E-state index contributed by atoms with van der Waals surface area (Å²) in [6.07, 6.45) is 1.36. The highest BCUT2D eigenvalue weighted by atomic mass is 79.9. The number of benzene rings is 3. The lowest BCUT2D eigenvalue weighted by Crippen LogP contribution is -2.24. The maximum atomic E-state index is 12.6. The molecular formula is C23H16Br2Cl2N2O4. The summed E-state index contributed by atoms with van der Waals surface area (Å²) in [7, 11) is 0. The first kappa shape index (κ1) is 25.2. The number of nitrogens with one attached hydrogen (secondary N) is 1. The monoisotopic (exact) mass is 612 g/mol. The van der Waals surface area contributed by atoms with Gasteiger partial charge in [-0.15, -0.1) is 0 Å². The van der Waals surface area contributed by atoms with Gasteiger partial charge in [-0.25, -0.2) is 10.2 Å². The van der Waals surface area contributed by atoms with Gasteiger partial charge >= 0.3 is 5.97 Å². The number of hydrazone groups is 1. The standard InChI is InChI=1S/C23H16Br2Cl2N2O4/c1-13-3-2-4-14(7-13)23(31)33-22-15(8-16(24)9-18(22)25)11-28-29-21(30)12-32-20-6-5-17(26)10-19(20)27/h2-11H,12H2,1H3,(H,29,30)/b28-11-. The summed E-state index contributed by atoms with van der Waals surface area (Å²) in [4.78, 5) is 24.7. The van der Waals surface area contributed by atoms with Crippen LogP contribution in [0.15, 0.2) is 68.6 Å². The van der Waals surface area contributed by atoms with Crippen molar-refractivity contribution < 1.29 is 19.1 Å². The summed E-state index contributed by atoms with van der Waals surface area (Å²) < 4.78 is 12.2. The van der Waals surface area contributed by atoms with Crippen molar-refractivity contribution in [2.24, 2.45) is 5.10 Å². The number of hydrogen-bond acceptors (Lipinski definition) is 5. The maximum Gasteiger partial charge on any atom is 0.343 e. The van der Waals surface area contributed by atoms with Crippen molar-refractivity contribution in [2.75, 3.05) is 6.61 Å². The Balaban J connectivity index is 1.68. The molecular weight excluding hydrogens is 599 g/mol. The summed E-state index contributed by atoms with van der Waals surface area (Å²) >= 11 is 18.6. The van der Waals surface area contributed by atoms with Crippen molar-refractivity contribution in [1.82, 2.24) is 5.43 Å². The number of rotatable bonds is 7. The molecule has 3 rings (SSSR count). The fourth-order valence-electron chi connectivity index (χ4n) is 2.65. The van der Waals surface area contributed by atoms with Crippen molar-refractivity contribution >= 4 is 73.2 Å². The minimum absolute atomic E-state index is 0.256. The average molecular weight is 615 g/mol. The summed E-state index contributed by atoms with van der Waals surface area (Å²) in [6.45, 7) is 1.58. The van der Waals surface area contributed by atoms with Crippen molar-refractivity contribution in [2.45, 2.75) is 6.92 Å². The molecule has 6 nitrogen and oxygen atoms in total. The summed E-state index contributed by atoms with van der Waals surface area (Å²) in [6, 6.07) is 15.2. The quantitative estimate of drug-likeness (QED) is 0.141. The molecule has 3 aromatic rings. The van der Waals surface area contributed by atoms with Crippen LogP contribution < -0.4 is 14.9 Å². The SMILES string of the molecule is Cc1cccc(C(=O)Oc2c(Br)cc(Br)cc2/C=N\NC(=O)COc2ccc(Cl)cc2Cl)c1. The third-order valence-electron chi connectivity index (χ3n) is 4.13. The first-order valence-electron chi connectivity index (χ1n) is 9.40. The molecule has 3 aromatic carbocycles. The van der Waals surface area contributed by atoms with Crippen molar-refractivity contribution in [3.05, 3.63) is 90.3 Å². The number of carbonyl (C=O) groups is 2. The zero-order chi connectivity index (χ0) is 24.0. The fourth-order valence-corrected chi connectivity index (χ4v) is 4.45. The molecule has 0 aliphatic rings. The number of nitrogens with zero attached hydrogens (tertiary/aromatic N) is 1. The fraction of sp³-hybridized carbons (Fsp3) is 0.0870. The Morgan fingerprint density at radius 2 is 1.88 bits per heavy atom. The highest BCUT2D eigenvalue weighted by Crippen LogP contribution is 2.33. The van der Waals surface area contributed by atoms with Gasteiger partial charge in [0, 0.05) is 15.1 Å². The number of esters is 1. The smallest absolute Gasteiger partial charge is 0.343 e. The van der Waals surface area contributed by atoms with Gasteiger partial charge in [-0.2, -0.15) is 5.10 Å². The molecule has 0 spiro atoms. The molecule has 1 amide bonds. The van der Waals surface area contributed by atoms with E-state index in [0.717, 1.165) is 10.0 Å². The van der Waals surface area contributed by atoms with Crippen molar-refractivity contribution in [1.29, 1.82) is 0 Å². The molecule has 10 heteroatoms. The topological polar surface area (TPSA) is 77.0 Å². The molecule has 0 aliphatic carbocycles. The third-order valence-corrected chi connectivity index (χ3v) is 5.71. The largest absolute Gasteiger partial charge is 0.482 e. The van der Waals surface area contributed by atoms with Gasteiger partial charge in [-0.05, 0) is 65.3 Å². The number of ether oxygens (including phenoxy) is 2. The van der Waals surface area contributed by atoms with E-state index in [0.29, 0.717) is 26.4 Å². The molecule has 1 N–H and O–H groups in total. The van der Waals surface area contributed by atoms with Gasteiger partial charge in [-0.3, -0.25) is 4.79 Å². The van der Waals surface area contributed by atoms with Gasteiger partial charge in [0.25, 0.3) is 5.91 Å². The van der Waals surface area contributed by atoms with E-state index in [9.17, 15) is 9.59 Å². The molecule has 0 bridgehead atoms. The van der Waals surface area contributed by atoms with E-state index in [1.807, 2.05) is 13.0 Å². The second kappa shape index (κ2) is 11.7. The highest BCUT2D eigenvalue weighted by Gasteiger charge is 2.15. The first-order valence-corrected chi connectivity index (χ1v) is 11.7. The molecule has 170 valence electrons. The second-order valence-corrected chi connectivity index (χ2v) is 9.34. The molecule has 33 heavy (non-hydrogen) atoms. The normalized spacial score (nSPS) is 10.8. The van der Waals surface area contributed by atoms with E-state index < -0.39 is 11.9 Å². The molecule has 0 fully saturated rings.